The van der Waals surface area contributed by atoms with Crippen molar-refractivity contribution in [3.63, 3.8) is 0 Å². The molecule has 1 aromatic rings. The third-order valence-corrected chi connectivity index (χ3v) is 2.95. The summed E-state index contributed by atoms with van der Waals surface area (Å²) < 4.78 is 50.7. The monoisotopic (exact) mass is 306 g/mol. The highest BCUT2D eigenvalue weighted by Gasteiger charge is 2.34. The maximum absolute atomic E-state index is 13.1. The normalized spacial score (nSPS) is 11.5. The molecule has 0 bridgehead atoms. The van der Waals surface area contributed by atoms with Crippen molar-refractivity contribution in [2.75, 3.05) is 13.1 Å². The van der Waals surface area contributed by atoms with Gasteiger partial charge in [-0.2, -0.15) is 13.2 Å². The molecular weight excluding hydrogens is 288 g/mol. The number of unbranched alkanes of at least 4 members (excludes halogenated alkanes) is 3. The molecule has 0 aliphatic carbocycles. The first-order valence-electron chi connectivity index (χ1n) is 6.71. The molecule has 7 heteroatoms. The van der Waals surface area contributed by atoms with Crippen molar-refractivity contribution in [2.24, 2.45) is 5.73 Å². The highest BCUT2D eigenvalue weighted by atomic mass is 19.4. The molecule has 0 aromatic heterocycles. The Morgan fingerprint density at radius 2 is 1.81 bits per heavy atom. The van der Waals surface area contributed by atoms with E-state index in [2.05, 4.69) is 5.32 Å². The average molecular weight is 306 g/mol. The first kappa shape index (κ1) is 17.4. The predicted molar refractivity (Wildman–Crippen MR) is 71.3 cm³/mol. The summed E-state index contributed by atoms with van der Waals surface area (Å²) >= 11 is 0. The summed E-state index contributed by atoms with van der Waals surface area (Å²) in [5, 5.41) is 2.51. The molecule has 1 amide bonds. The quantitative estimate of drug-likeness (QED) is 0.601. The maximum Gasteiger partial charge on any atom is 0.419 e. The van der Waals surface area contributed by atoms with Crippen LogP contribution in [0.3, 0.4) is 0 Å². The van der Waals surface area contributed by atoms with Crippen LogP contribution in [0.2, 0.25) is 0 Å². The van der Waals surface area contributed by atoms with Gasteiger partial charge in [-0.3, -0.25) is 4.79 Å². The van der Waals surface area contributed by atoms with E-state index >= 15 is 0 Å². The van der Waals surface area contributed by atoms with Gasteiger partial charge in [0.05, 0.1) is 5.56 Å². The van der Waals surface area contributed by atoms with Gasteiger partial charge in [0.2, 0.25) is 0 Å². The molecule has 0 saturated carbocycles. The Bertz CT molecular complexity index is 475. The van der Waals surface area contributed by atoms with Crippen LogP contribution in [-0.2, 0) is 6.18 Å². The highest BCUT2D eigenvalue weighted by molar-refractivity contribution is 5.94. The number of carbonyl (C=O) groups excluding carboxylic acids is 1. The minimum Gasteiger partial charge on any atom is -0.352 e. The molecular formula is C14H18F4N2O. The summed E-state index contributed by atoms with van der Waals surface area (Å²) in [5.41, 5.74) is 3.70. The number of halogens is 4. The molecule has 21 heavy (non-hydrogen) atoms. The Morgan fingerprint density at radius 1 is 1.14 bits per heavy atom. The lowest BCUT2D eigenvalue weighted by Gasteiger charge is -2.10. The van der Waals surface area contributed by atoms with E-state index in [9.17, 15) is 22.4 Å². The summed E-state index contributed by atoms with van der Waals surface area (Å²) in [6.45, 7) is 0.976. The molecule has 0 saturated heterocycles. The number of amides is 1. The molecule has 0 unspecified atom stereocenters. The van der Waals surface area contributed by atoms with Crippen molar-refractivity contribution in [1.29, 1.82) is 0 Å². The lowest BCUT2D eigenvalue weighted by molar-refractivity contribution is -0.140. The van der Waals surface area contributed by atoms with Crippen molar-refractivity contribution in [2.45, 2.75) is 31.9 Å². The fourth-order valence-electron chi connectivity index (χ4n) is 1.81. The van der Waals surface area contributed by atoms with E-state index < -0.39 is 23.5 Å². The second-order valence-electron chi connectivity index (χ2n) is 4.65. The molecule has 0 spiro atoms. The number of nitrogens with two attached hydrogens (primary N) is 1. The number of carbonyl (C=O) groups is 1. The van der Waals surface area contributed by atoms with Crippen LogP contribution in [0.25, 0.3) is 0 Å². The molecule has 0 aliphatic rings. The van der Waals surface area contributed by atoms with E-state index in [1.54, 1.807) is 0 Å². The number of hydrogen-bond donors (Lipinski definition) is 2. The van der Waals surface area contributed by atoms with Crippen molar-refractivity contribution < 1.29 is 22.4 Å². The van der Waals surface area contributed by atoms with Crippen LogP contribution >= 0.6 is 0 Å². The van der Waals surface area contributed by atoms with Crippen molar-refractivity contribution in [3.05, 3.63) is 35.1 Å². The van der Waals surface area contributed by atoms with E-state index in [-0.39, 0.29) is 5.56 Å². The first-order chi connectivity index (χ1) is 9.86. The zero-order chi connectivity index (χ0) is 15.9. The number of nitrogens with one attached hydrogen (secondary N) is 1. The van der Waals surface area contributed by atoms with E-state index in [4.69, 9.17) is 5.73 Å². The largest absolute Gasteiger partial charge is 0.419 e. The Morgan fingerprint density at radius 3 is 2.43 bits per heavy atom. The Kier molecular flexibility index (Phi) is 6.61. The van der Waals surface area contributed by atoms with Crippen LogP contribution in [0.1, 0.15) is 41.6 Å². The minimum atomic E-state index is -4.82. The van der Waals surface area contributed by atoms with Crippen LogP contribution in [0, 0.1) is 5.82 Å². The molecule has 0 fully saturated rings. The van der Waals surface area contributed by atoms with Crippen LogP contribution < -0.4 is 11.1 Å². The van der Waals surface area contributed by atoms with Gasteiger partial charge in [0.15, 0.2) is 0 Å². The van der Waals surface area contributed by atoms with Gasteiger partial charge in [-0.05, 0) is 37.6 Å². The van der Waals surface area contributed by atoms with E-state index in [0.29, 0.717) is 25.2 Å². The van der Waals surface area contributed by atoms with Crippen molar-refractivity contribution in [3.8, 4) is 0 Å². The molecule has 0 atom stereocenters. The van der Waals surface area contributed by atoms with Gasteiger partial charge < -0.3 is 11.1 Å². The van der Waals surface area contributed by atoms with E-state index in [0.717, 1.165) is 31.7 Å². The lowest BCUT2D eigenvalue weighted by Crippen LogP contribution is -2.25. The van der Waals surface area contributed by atoms with E-state index in [1.165, 1.54) is 0 Å². The van der Waals surface area contributed by atoms with Gasteiger partial charge >= 0.3 is 6.18 Å². The molecule has 1 aromatic carbocycles. The number of rotatable bonds is 7. The number of alkyl halides is 3. The second kappa shape index (κ2) is 7.97. The summed E-state index contributed by atoms with van der Waals surface area (Å²) in [6.07, 6.45) is -1.36. The minimum absolute atomic E-state index is 0.203. The van der Waals surface area contributed by atoms with Crippen LogP contribution in [0.5, 0.6) is 0 Å². The summed E-state index contributed by atoms with van der Waals surface area (Å²) in [6, 6.07) is 2.21. The van der Waals surface area contributed by atoms with Crippen LogP contribution in [-0.4, -0.2) is 19.0 Å². The first-order valence-corrected chi connectivity index (χ1v) is 6.71. The molecule has 0 aliphatic heterocycles. The SMILES string of the molecule is NCCCCCCNC(=O)c1ccc(F)c(C(F)(F)F)c1. The zero-order valence-corrected chi connectivity index (χ0v) is 11.5. The summed E-state index contributed by atoms with van der Waals surface area (Å²) in [4.78, 5) is 11.7. The molecule has 0 heterocycles. The Balaban J connectivity index is 2.55. The molecule has 118 valence electrons. The summed E-state index contributed by atoms with van der Waals surface area (Å²) in [5.74, 6) is -2.03. The van der Waals surface area contributed by atoms with Gasteiger partial charge in [0, 0.05) is 12.1 Å². The molecule has 0 radical (unpaired) electrons. The van der Waals surface area contributed by atoms with Crippen molar-refractivity contribution >= 4 is 5.91 Å². The average Bonchev–Trinajstić information content (AvgIpc) is 2.41. The van der Waals surface area contributed by atoms with Gasteiger partial charge in [-0.1, -0.05) is 12.8 Å². The van der Waals surface area contributed by atoms with Gasteiger partial charge in [0.25, 0.3) is 5.91 Å². The maximum atomic E-state index is 13.1. The third kappa shape index (κ3) is 5.71. The van der Waals surface area contributed by atoms with Gasteiger partial charge in [0.1, 0.15) is 5.82 Å². The number of benzene rings is 1. The van der Waals surface area contributed by atoms with Crippen LogP contribution in [0.15, 0.2) is 18.2 Å². The smallest absolute Gasteiger partial charge is 0.352 e. The molecule has 1 rings (SSSR count). The second-order valence-corrected chi connectivity index (χ2v) is 4.65. The molecule has 3 nitrogen and oxygen atoms in total. The third-order valence-electron chi connectivity index (χ3n) is 2.95. The Labute approximate surface area is 120 Å². The topological polar surface area (TPSA) is 55.1 Å². The van der Waals surface area contributed by atoms with Gasteiger partial charge in [-0.25, -0.2) is 4.39 Å². The van der Waals surface area contributed by atoms with Gasteiger partial charge in [-0.15, -0.1) is 0 Å². The van der Waals surface area contributed by atoms with Crippen molar-refractivity contribution in [1.82, 2.24) is 5.32 Å². The fraction of sp³-hybridized carbons (Fsp3) is 0.500. The Hall–Kier alpha value is -1.63. The zero-order valence-electron chi connectivity index (χ0n) is 11.5. The van der Waals surface area contributed by atoms with E-state index in [1.807, 2.05) is 0 Å². The lowest BCUT2D eigenvalue weighted by atomic mass is 10.1. The highest BCUT2D eigenvalue weighted by Crippen LogP contribution is 2.31. The fourth-order valence-corrected chi connectivity index (χ4v) is 1.81. The van der Waals surface area contributed by atoms with Crippen LogP contribution in [0.4, 0.5) is 17.6 Å². The predicted octanol–water partition coefficient (Wildman–Crippen LogP) is 3.09. The summed E-state index contributed by atoms with van der Waals surface area (Å²) in [7, 11) is 0. The molecule has 3 N–H and O–H groups in total. The number of hydrogen-bond acceptors (Lipinski definition) is 2. The standard InChI is InChI=1S/C14H18F4N2O/c15-12-6-5-10(9-11(12)14(16,17)18)13(21)20-8-4-2-1-3-7-19/h5-6,9H,1-4,7-8,19H2,(H,20,21).